The van der Waals surface area contributed by atoms with Crippen molar-refractivity contribution in [2.24, 2.45) is 7.05 Å². The molecular formula is C14H17N5O2. The molecule has 7 heteroatoms. The lowest BCUT2D eigenvalue weighted by Crippen LogP contribution is -2.50. The molecule has 2 amide bonds. The highest BCUT2D eigenvalue weighted by Crippen LogP contribution is 2.16. The van der Waals surface area contributed by atoms with E-state index in [0.29, 0.717) is 24.5 Å². The van der Waals surface area contributed by atoms with Gasteiger partial charge in [-0.3, -0.25) is 14.3 Å². The van der Waals surface area contributed by atoms with Gasteiger partial charge in [-0.25, -0.2) is 0 Å². The summed E-state index contributed by atoms with van der Waals surface area (Å²) in [6.07, 6.45) is 3.47. The minimum absolute atomic E-state index is 0.0222. The molecule has 1 atom stereocenters. The molecule has 0 bridgehead atoms. The Labute approximate surface area is 122 Å². The lowest BCUT2D eigenvalue weighted by atomic mass is 10.1. The van der Waals surface area contributed by atoms with Crippen LogP contribution in [0.3, 0.4) is 0 Å². The first-order valence-electron chi connectivity index (χ1n) is 6.76. The van der Waals surface area contributed by atoms with E-state index < -0.39 is 0 Å². The van der Waals surface area contributed by atoms with Crippen LogP contribution in [-0.4, -0.2) is 50.7 Å². The number of likely N-dealkylation sites (N-methyl/N-ethyl adjacent to an activating group) is 1. The third-order valence-electron chi connectivity index (χ3n) is 3.88. The van der Waals surface area contributed by atoms with Crippen molar-refractivity contribution in [2.45, 2.75) is 12.6 Å². The van der Waals surface area contributed by atoms with Gasteiger partial charge in [0, 0.05) is 39.6 Å². The van der Waals surface area contributed by atoms with E-state index in [4.69, 9.17) is 0 Å². The van der Waals surface area contributed by atoms with Gasteiger partial charge in [0.15, 0.2) is 0 Å². The summed E-state index contributed by atoms with van der Waals surface area (Å²) in [4.78, 5) is 25.9. The van der Waals surface area contributed by atoms with Crippen LogP contribution < -0.4 is 5.32 Å². The number of nitrogens with zero attached hydrogens (tertiary/aromatic N) is 4. The number of aryl methyl sites for hydroxylation is 1. The van der Waals surface area contributed by atoms with Gasteiger partial charge in [0.1, 0.15) is 11.4 Å². The number of rotatable bonds is 3. The van der Waals surface area contributed by atoms with Crippen molar-refractivity contribution in [2.75, 3.05) is 13.6 Å². The molecule has 21 heavy (non-hydrogen) atoms. The molecule has 2 aromatic rings. The van der Waals surface area contributed by atoms with Crippen LogP contribution in [0.15, 0.2) is 30.6 Å². The van der Waals surface area contributed by atoms with Crippen LogP contribution in [0, 0.1) is 0 Å². The first kappa shape index (κ1) is 13.4. The first-order valence-corrected chi connectivity index (χ1v) is 6.76. The molecule has 110 valence electrons. The predicted octanol–water partition coefficient (Wildman–Crippen LogP) is 0.106. The number of aromatic nitrogens is 3. The molecule has 1 N–H and O–H groups in total. The van der Waals surface area contributed by atoms with Crippen molar-refractivity contribution in [3.63, 3.8) is 0 Å². The largest absolute Gasteiger partial charge is 0.349 e. The highest BCUT2D eigenvalue weighted by Gasteiger charge is 2.29. The first-order chi connectivity index (χ1) is 10.1. The van der Waals surface area contributed by atoms with Crippen molar-refractivity contribution in [3.8, 4) is 0 Å². The number of amides is 2. The third kappa shape index (κ3) is 2.31. The normalized spacial score (nSPS) is 17.7. The van der Waals surface area contributed by atoms with Gasteiger partial charge in [0.05, 0.1) is 6.04 Å². The smallest absolute Gasteiger partial charge is 0.270 e. The predicted molar refractivity (Wildman–Crippen MR) is 75.9 cm³/mol. The van der Waals surface area contributed by atoms with E-state index in [2.05, 4.69) is 10.4 Å². The topological polar surface area (TPSA) is 72.2 Å². The van der Waals surface area contributed by atoms with Crippen LogP contribution in [0.2, 0.25) is 0 Å². The molecule has 3 rings (SSSR count). The molecule has 7 nitrogen and oxygen atoms in total. The number of hydrogen-bond acceptors (Lipinski definition) is 3. The molecule has 1 aliphatic heterocycles. The summed E-state index contributed by atoms with van der Waals surface area (Å²) in [5.74, 6) is -0.208. The van der Waals surface area contributed by atoms with Crippen molar-refractivity contribution in [1.29, 1.82) is 0 Å². The zero-order valence-electron chi connectivity index (χ0n) is 12.0. The Morgan fingerprint density at radius 2 is 2.24 bits per heavy atom. The minimum atomic E-state index is -0.186. The van der Waals surface area contributed by atoms with Gasteiger partial charge in [0.25, 0.3) is 11.8 Å². The van der Waals surface area contributed by atoms with Gasteiger partial charge in [0.2, 0.25) is 0 Å². The Balaban J connectivity index is 1.68. The Morgan fingerprint density at radius 1 is 1.43 bits per heavy atom. The fraction of sp³-hybridized carbons (Fsp3) is 0.357. The van der Waals surface area contributed by atoms with Gasteiger partial charge in [-0.05, 0) is 18.2 Å². The van der Waals surface area contributed by atoms with Crippen LogP contribution in [0.4, 0.5) is 0 Å². The van der Waals surface area contributed by atoms with Gasteiger partial charge in [-0.1, -0.05) is 0 Å². The van der Waals surface area contributed by atoms with Crippen LogP contribution in [0.1, 0.15) is 21.0 Å². The summed E-state index contributed by atoms with van der Waals surface area (Å²) < 4.78 is 3.44. The van der Waals surface area contributed by atoms with Crippen LogP contribution in [0.5, 0.6) is 0 Å². The molecule has 0 fully saturated rings. The van der Waals surface area contributed by atoms with E-state index in [1.54, 1.807) is 31.3 Å². The molecule has 0 spiro atoms. The average Bonchev–Trinajstić information content (AvgIpc) is 3.09. The highest BCUT2D eigenvalue weighted by atomic mass is 16.2. The summed E-state index contributed by atoms with van der Waals surface area (Å²) in [6.45, 7) is 1.08. The molecule has 1 unspecified atom stereocenters. The maximum Gasteiger partial charge on any atom is 0.270 e. The maximum absolute atomic E-state index is 12.2. The number of hydrogen-bond donors (Lipinski definition) is 1. The summed E-state index contributed by atoms with van der Waals surface area (Å²) in [7, 11) is 3.48. The van der Waals surface area contributed by atoms with Crippen molar-refractivity contribution in [3.05, 3.63) is 42.0 Å². The van der Waals surface area contributed by atoms with Gasteiger partial charge in [-0.2, -0.15) is 5.10 Å². The average molecular weight is 287 g/mol. The minimum Gasteiger partial charge on any atom is -0.349 e. The van der Waals surface area contributed by atoms with Gasteiger partial charge in [-0.15, -0.1) is 0 Å². The number of carbonyl (C=O) groups is 2. The molecular weight excluding hydrogens is 270 g/mol. The van der Waals surface area contributed by atoms with E-state index in [1.165, 1.54) is 4.68 Å². The molecule has 0 aliphatic carbocycles. The Hall–Kier alpha value is -2.57. The molecule has 0 saturated carbocycles. The fourth-order valence-corrected chi connectivity index (χ4v) is 2.56. The Kier molecular flexibility index (Phi) is 3.25. The van der Waals surface area contributed by atoms with Crippen LogP contribution in [0.25, 0.3) is 0 Å². The lowest BCUT2D eigenvalue weighted by molar-refractivity contribution is 0.0644. The van der Waals surface area contributed by atoms with E-state index in [1.807, 2.05) is 22.9 Å². The molecule has 3 heterocycles. The molecule has 1 aliphatic rings. The third-order valence-corrected chi connectivity index (χ3v) is 3.88. The lowest BCUT2D eigenvalue weighted by Gasteiger charge is -2.33. The second-order valence-corrected chi connectivity index (χ2v) is 5.17. The van der Waals surface area contributed by atoms with Crippen molar-refractivity contribution >= 4 is 11.8 Å². The Morgan fingerprint density at radius 3 is 2.95 bits per heavy atom. The van der Waals surface area contributed by atoms with Gasteiger partial charge < -0.3 is 14.8 Å². The zero-order valence-corrected chi connectivity index (χ0v) is 12.0. The second kappa shape index (κ2) is 5.08. The fourth-order valence-electron chi connectivity index (χ4n) is 2.56. The number of carbonyl (C=O) groups excluding carboxylic acids is 2. The molecule has 0 saturated heterocycles. The van der Waals surface area contributed by atoms with Crippen molar-refractivity contribution in [1.82, 2.24) is 24.6 Å². The quantitative estimate of drug-likeness (QED) is 0.870. The number of fused-ring (bicyclic) bond motifs is 1. The summed E-state index contributed by atoms with van der Waals surface area (Å²) in [6, 6.07) is 5.27. The maximum atomic E-state index is 12.2. The zero-order chi connectivity index (χ0) is 15.0. The molecule has 0 aromatic carbocycles. The van der Waals surface area contributed by atoms with E-state index in [0.717, 1.165) is 0 Å². The summed E-state index contributed by atoms with van der Waals surface area (Å²) in [5.41, 5.74) is 1.19. The molecule has 2 aromatic heterocycles. The van der Waals surface area contributed by atoms with Crippen LogP contribution in [-0.2, 0) is 13.6 Å². The monoisotopic (exact) mass is 287 g/mol. The van der Waals surface area contributed by atoms with E-state index in [-0.39, 0.29) is 17.9 Å². The van der Waals surface area contributed by atoms with Crippen LogP contribution >= 0.6 is 0 Å². The summed E-state index contributed by atoms with van der Waals surface area (Å²) >= 11 is 0. The van der Waals surface area contributed by atoms with E-state index in [9.17, 15) is 9.59 Å². The van der Waals surface area contributed by atoms with Gasteiger partial charge >= 0.3 is 0 Å². The number of nitrogens with one attached hydrogen (secondary N) is 1. The molecule has 0 radical (unpaired) electrons. The highest BCUT2D eigenvalue weighted by molar-refractivity contribution is 5.94. The SMILES string of the molecule is CN1C(=O)c2cccn2CC1CNC(=O)c1ccnn1C. The summed E-state index contributed by atoms with van der Waals surface area (Å²) in [5, 5.41) is 6.83. The van der Waals surface area contributed by atoms with Crippen molar-refractivity contribution < 1.29 is 9.59 Å². The second-order valence-electron chi connectivity index (χ2n) is 5.17. The Bertz CT molecular complexity index is 687. The van der Waals surface area contributed by atoms with E-state index >= 15 is 0 Å². The standard InChI is InChI=1S/C14H17N5O2/c1-17-10(9-19-7-3-4-12(19)14(17)21)8-15-13(20)11-5-6-16-18(11)2/h3-7,10H,8-9H2,1-2H3,(H,15,20).